The van der Waals surface area contributed by atoms with Crippen molar-refractivity contribution in [3.63, 3.8) is 0 Å². The van der Waals surface area contributed by atoms with Gasteiger partial charge >= 0.3 is 5.97 Å². The first-order valence-corrected chi connectivity index (χ1v) is 23.8. The number of Topliss-reactive ketones (excluding diaryl/α,β-unsaturated/α-hetero) is 1. The first kappa shape index (κ1) is 45.3. The normalized spacial score (nSPS) is 21.3. The van der Waals surface area contributed by atoms with E-state index >= 15 is 0 Å². The second-order valence-corrected chi connectivity index (χ2v) is 20.5. The fraction of sp³-hybridized carbons (Fsp3) is 0.216. The van der Waals surface area contributed by atoms with E-state index in [4.69, 9.17) is 13.9 Å². The van der Waals surface area contributed by atoms with Gasteiger partial charge in [0.2, 0.25) is 22.6 Å². The number of anilines is 2. The Kier molecular flexibility index (Phi) is 11.1. The summed E-state index contributed by atoms with van der Waals surface area (Å²) in [7, 11) is 7.67. The smallest absolute Gasteiger partial charge is 0.316 e. The summed E-state index contributed by atoms with van der Waals surface area (Å²) in [6.07, 6.45) is -1.14. The zero-order chi connectivity index (χ0) is 48.1. The van der Waals surface area contributed by atoms with Crippen molar-refractivity contribution in [3.8, 4) is 22.5 Å². The van der Waals surface area contributed by atoms with Crippen LogP contribution in [0.15, 0.2) is 116 Å². The Labute approximate surface area is 409 Å². The molecule has 0 saturated carbocycles. The number of aryl methyl sites for hydroxylation is 1. The Morgan fingerprint density at radius 1 is 0.882 bits per heavy atom. The van der Waals surface area contributed by atoms with E-state index in [1.54, 1.807) is 67.6 Å². The molecule has 17 heteroatoms. The highest BCUT2D eigenvalue weighted by Crippen LogP contribution is 2.66. The minimum atomic E-state index is -2.42. The number of ether oxygens (including phenoxy) is 2. The first-order valence-electron chi connectivity index (χ1n) is 21.4. The van der Waals surface area contributed by atoms with Crippen LogP contribution >= 0.6 is 43.2 Å². The maximum absolute atomic E-state index is 14.4. The van der Waals surface area contributed by atoms with Crippen molar-refractivity contribution in [1.82, 2.24) is 9.89 Å². The van der Waals surface area contributed by atoms with Gasteiger partial charge in [-0.2, -0.15) is 0 Å². The van der Waals surface area contributed by atoms with E-state index in [2.05, 4.69) is 42.5 Å². The number of carboxylic acid groups (broad SMARTS) is 1. The number of aromatic carboxylic acids is 1. The molecule has 3 N–H and O–H groups in total. The van der Waals surface area contributed by atoms with Crippen LogP contribution in [0.2, 0.25) is 0 Å². The lowest BCUT2D eigenvalue weighted by Gasteiger charge is -2.31. The van der Waals surface area contributed by atoms with Gasteiger partial charge in [-0.15, -0.1) is 11.3 Å². The highest BCUT2D eigenvalue weighted by Gasteiger charge is 2.83. The van der Waals surface area contributed by atoms with Crippen LogP contribution in [0.25, 0.3) is 33.4 Å². The van der Waals surface area contributed by atoms with Crippen LogP contribution in [0.1, 0.15) is 58.1 Å². The lowest BCUT2D eigenvalue weighted by molar-refractivity contribution is -0.255. The molecular formula is C51H40Br2N4O10S. The number of ketones is 1. The molecule has 2 aliphatic carbocycles. The minimum Gasteiger partial charge on any atom is -0.545 e. The van der Waals surface area contributed by atoms with Crippen LogP contribution < -0.4 is 30.6 Å². The summed E-state index contributed by atoms with van der Waals surface area (Å²) in [5, 5.41) is 32.2. The van der Waals surface area contributed by atoms with E-state index in [1.807, 2.05) is 74.1 Å². The maximum atomic E-state index is 14.4. The molecule has 68 heavy (non-hydrogen) atoms. The number of carbonyl (C=O) groups is 5. The third-order valence-corrected chi connectivity index (χ3v) is 15.9. The van der Waals surface area contributed by atoms with E-state index in [1.165, 1.54) is 6.07 Å². The molecule has 4 heterocycles. The Bertz CT molecular complexity index is 3380. The lowest BCUT2D eigenvalue weighted by Crippen LogP contribution is -2.53. The van der Waals surface area contributed by atoms with Gasteiger partial charge in [0.1, 0.15) is 31.4 Å². The van der Waals surface area contributed by atoms with Crippen LogP contribution in [0.3, 0.4) is 0 Å². The largest absolute Gasteiger partial charge is 0.545 e. The fourth-order valence-corrected chi connectivity index (χ4v) is 11.4. The molecule has 1 spiro atoms. The van der Waals surface area contributed by atoms with Crippen LogP contribution in [0, 0.1) is 18.8 Å². The van der Waals surface area contributed by atoms with E-state index in [-0.39, 0.29) is 28.1 Å². The number of hydrogen-bond acceptors (Lipinski definition) is 12. The number of nitrogens with one attached hydrogen (secondary N) is 2. The van der Waals surface area contributed by atoms with Crippen LogP contribution in [-0.2, 0) is 31.4 Å². The molecule has 0 bridgehead atoms. The SMILES string of the molecule is Cc1cc2c(s1)C1(O)OC(=O)C3[C@H](C(=O)Nc4ccc(CNC(=O)c5ccc(-c6c7ccc(=[N+](C)C)cc-7oc7cc(N(C)C)ccc67)c(C(=O)[O-])c5)cc4)[C@H](c4ccc(Br)c(Br)c4)OC31C2=O. The van der Waals surface area contributed by atoms with Gasteiger partial charge in [0, 0.05) is 91.2 Å². The molecule has 3 aliphatic heterocycles. The zero-order valence-electron chi connectivity index (χ0n) is 36.9. The number of amides is 2. The van der Waals surface area contributed by atoms with Crippen molar-refractivity contribution in [1.29, 1.82) is 0 Å². The van der Waals surface area contributed by atoms with Gasteiger partial charge in [-0.25, -0.2) is 4.58 Å². The van der Waals surface area contributed by atoms with E-state index in [9.17, 15) is 34.2 Å². The van der Waals surface area contributed by atoms with Crippen molar-refractivity contribution >= 4 is 95.1 Å². The average molecular weight is 1060 g/mol. The standard InChI is InChI=1S/C51H40Br2N4O10S/c1-24-18-35-44(58)50-42(49(63)67-51(50,64)45(35)68-24)41(43(66-50)26-9-17-36(52)37(53)20-26)47(60)55-28-10-6-25(7-11-28)23-54-46(59)27-8-14-31(34(19-27)48(61)62)40-32-15-12-29(56(2)3)21-38(32)65-39-22-30(57(4)5)13-16-33(39)40/h6-22,41-43,64H,23H2,1-5H3,(H2-,54,55,59,60,61,62)/t41-,42?,43-,50?,51?/m0/s1. The molecule has 0 radical (unpaired) electrons. The molecule has 5 atom stereocenters. The van der Waals surface area contributed by atoms with Crippen LogP contribution in [0.5, 0.6) is 0 Å². The molecule has 344 valence electrons. The van der Waals surface area contributed by atoms with Gasteiger partial charge in [-0.3, -0.25) is 19.2 Å². The van der Waals surface area contributed by atoms with Crippen LogP contribution in [-0.4, -0.2) is 68.4 Å². The number of esters is 1. The molecule has 5 aromatic rings. The summed E-state index contributed by atoms with van der Waals surface area (Å²) >= 11 is 8.08. The molecule has 2 saturated heterocycles. The molecule has 4 aromatic carbocycles. The predicted molar refractivity (Wildman–Crippen MR) is 259 cm³/mol. The molecule has 1 aromatic heterocycles. The van der Waals surface area contributed by atoms with Crippen molar-refractivity contribution in [2.45, 2.75) is 31.0 Å². The third kappa shape index (κ3) is 7.09. The van der Waals surface area contributed by atoms with Crippen molar-refractivity contribution in [3.05, 3.63) is 155 Å². The number of halogens is 2. The molecule has 2 amide bonds. The zero-order valence-corrected chi connectivity index (χ0v) is 40.9. The highest BCUT2D eigenvalue weighted by atomic mass is 79.9. The molecule has 10 rings (SSSR count). The Balaban J connectivity index is 0.895. The number of nitrogens with zero attached hydrogens (tertiary/aromatic N) is 2. The first-order chi connectivity index (χ1) is 32.4. The second-order valence-electron chi connectivity index (χ2n) is 17.5. The summed E-state index contributed by atoms with van der Waals surface area (Å²) in [6.45, 7) is 1.82. The predicted octanol–water partition coefficient (Wildman–Crippen LogP) is 6.77. The number of thiophene rings is 1. The van der Waals surface area contributed by atoms with Gasteiger partial charge < -0.3 is 44.4 Å². The minimum absolute atomic E-state index is 0.0467. The van der Waals surface area contributed by atoms with Gasteiger partial charge in [0.25, 0.3) is 11.7 Å². The quantitative estimate of drug-likeness (QED) is 0.0786. The van der Waals surface area contributed by atoms with Gasteiger partial charge in [-0.05, 0) is 116 Å². The van der Waals surface area contributed by atoms with Crippen molar-refractivity contribution in [2.75, 3.05) is 38.4 Å². The van der Waals surface area contributed by atoms with Gasteiger partial charge in [-0.1, -0.05) is 24.3 Å². The number of fused-ring (bicyclic) bond motifs is 4. The van der Waals surface area contributed by atoms with Crippen LogP contribution in [0.4, 0.5) is 11.4 Å². The number of rotatable bonds is 9. The molecule has 3 unspecified atom stereocenters. The van der Waals surface area contributed by atoms with E-state index in [0.29, 0.717) is 54.7 Å². The van der Waals surface area contributed by atoms with Gasteiger partial charge in [0.05, 0.1) is 28.9 Å². The maximum Gasteiger partial charge on any atom is 0.316 e. The summed E-state index contributed by atoms with van der Waals surface area (Å²) < 4.78 is 21.8. The van der Waals surface area contributed by atoms with Crippen molar-refractivity contribution in [2.24, 2.45) is 11.8 Å². The summed E-state index contributed by atoms with van der Waals surface area (Å²) in [6, 6.07) is 29.3. The summed E-state index contributed by atoms with van der Waals surface area (Å²) in [5.41, 5.74) is 2.51. The Morgan fingerprint density at radius 2 is 1.63 bits per heavy atom. The van der Waals surface area contributed by atoms with Gasteiger partial charge in [0.15, 0.2) is 0 Å². The average Bonchev–Trinajstić information content (AvgIpc) is 4.00. The number of hydrogen-bond donors (Lipinski definition) is 3. The molecular weight excluding hydrogens is 1020 g/mol. The fourth-order valence-electron chi connectivity index (χ4n) is 9.62. The van der Waals surface area contributed by atoms with Crippen molar-refractivity contribution < 1.29 is 48.1 Å². The summed E-state index contributed by atoms with van der Waals surface area (Å²) in [4.78, 5) is 71.8. The number of aliphatic hydroxyl groups is 1. The second kappa shape index (κ2) is 16.6. The number of benzene rings is 5. The topological polar surface area (TPSA) is 191 Å². The molecule has 5 aliphatic rings. The molecule has 2 fully saturated rings. The number of carboxylic acids is 1. The molecule has 14 nitrogen and oxygen atoms in total. The van der Waals surface area contributed by atoms with E-state index in [0.717, 1.165) is 31.7 Å². The Morgan fingerprint density at radius 3 is 2.34 bits per heavy atom. The third-order valence-electron chi connectivity index (χ3n) is 12.9. The highest BCUT2D eigenvalue weighted by molar-refractivity contribution is 9.13. The van der Waals surface area contributed by atoms with E-state index < -0.39 is 58.9 Å². The lowest BCUT2D eigenvalue weighted by atomic mass is 9.75. The monoisotopic (exact) mass is 1060 g/mol. The Hall–Kier alpha value is -6.50. The number of carbonyl (C=O) groups excluding carboxylic acids is 5. The summed E-state index contributed by atoms with van der Waals surface area (Å²) in [5.74, 6) is -8.85.